The van der Waals surface area contributed by atoms with Crippen molar-refractivity contribution in [3.05, 3.63) is 28.8 Å². The van der Waals surface area contributed by atoms with Gasteiger partial charge >= 0.3 is 5.97 Å². The number of nitrogens with one attached hydrogen (secondary N) is 1. The molecule has 1 aromatic carbocycles. The maximum Gasteiger partial charge on any atom is 0.321 e. The predicted molar refractivity (Wildman–Crippen MR) is 56.2 cm³/mol. The Bertz CT molecular complexity index is 351. The largest absolute Gasteiger partial charge is 0.507 e. The lowest BCUT2D eigenvalue weighted by Crippen LogP contribution is -2.17. The van der Waals surface area contributed by atoms with Gasteiger partial charge in [-0.1, -0.05) is 12.1 Å². The number of hydroxylamine groups is 1. The van der Waals surface area contributed by atoms with E-state index in [1.54, 1.807) is 0 Å². The Balaban J connectivity index is 2.66. The zero-order chi connectivity index (χ0) is 11.4. The molecule has 1 aromatic rings. The normalized spacial score (nSPS) is 10.1. The Hall–Kier alpha value is -1.55. The van der Waals surface area contributed by atoms with E-state index < -0.39 is 0 Å². The van der Waals surface area contributed by atoms with Gasteiger partial charge in [0, 0.05) is 6.92 Å². The van der Waals surface area contributed by atoms with Crippen LogP contribution in [-0.2, 0) is 16.2 Å². The first-order chi connectivity index (χ1) is 7.00. The molecule has 0 aliphatic heterocycles. The van der Waals surface area contributed by atoms with Crippen LogP contribution in [0.3, 0.4) is 0 Å². The van der Waals surface area contributed by atoms with Crippen molar-refractivity contribution in [1.29, 1.82) is 0 Å². The van der Waals surface area contributed by atoms with Crippen LogP contribution in [0.25, 0.3) is 0 Å². The maximum atomic E-state index is 10.5. The van der Waals surface area contributed by atoms with Crippen LogP contribution in [-0.4, -0.2) is 11.1 Å². The van der Waals surface area contributed by atoms with E-state index in [0.29, 0.717) is 12.3 Å². The van der Waals surface area contributed by atoms with Crippen LogP contribution in [0.2, 0.25) is 0 Å². The van der Waals surface area contributed by atoms with E-state index in [-0.39, 0.29) is 5.97 Å². The van der Waals surface area contributed by atoms with Gasteiger partial charge in [0.1, 0.15) is 5.75 Å². The number of phenolic OH excluding ortho intramolecular Hbond substituents is 1. The monoisotopic (exact) mass is 209 g/mol. The number of phenols is 1. The molecule has 4 heteroatoms. The van der Waals surface area contributed by atoms with Gasteiger partial charge in [0.25, 0.3) is 0 Å². The van der Waals surface area contributed by atoms with Crippen LogP contribution in [0.4, 0.5) is 0 Å². The summed E-state index contributed by atoms with van der Waals surface area (Å²) in [5.74, 6) is -0.0616. The highest BCUT2D eigenvalue weighted by atomic mass is 16.7. The molecule has 0 spiro atoms. The van der Waals surface area contributed by atoms with Crippen LogP contribution < -0.4 is 5.48 Å². The average molecular weight is 209 g/mol. The minimum atomic E-state index is -0.373. The van der Waals surface area contributed by atoms with E-state index in [0.717, 1.165) is 16.7 Å². The average Bonchev–Trinajstić information content (AvgIpc) is 2.13. The molecule has 0 amide bonds. The summed E-state index contributed by atoms with van der Waals surface area (Å²) in [5, 5.41) is 9.54. The molecule has 0 saturated heterocycles. The number of benzene rings is 1. The fourth-order valence-electron chi connectivity index (χ4n) is 1.37. The van der Waals surface area contributed by atoms with Crippen LogP contribution in [0.5, 0.6) is 5.75 Å². The molecule has 2 N–H and O–H groups in total. The summed E-state index contributed by atoms with van der Waals surface area (Å²) in [6.45, 7) is 5.43. The summed E-state index contributed by atoms with van der Waals surface area (Å²) in [4.78, 5) is 15.1. The molecule has 0 bridgehead atoms. The van der Waals surface area contributed by atoms with Crippen LogP contribution in [0.15, 0.2) is 12.1 Å². The fourth-order valence-corrected chi connectivity index (χ4v) is 1.37. The van der Waals surface area contributed by atoms with Gasteiger partial charge in [-0.3, -0.25) is 4.79 Å². The molecule has 0 aliphatic rings. The Morgan fingerprint density at radius 3 is 2.40 bits per heavy atom. The van der Waals surface area contributed by atoms with Crippen molar-refractivity contribution in [1.82, 2.24) is 5.48 Å². The number of aryl methyl sites for hydroxylation is 2. The van der Waals surface area contributed by atoms with Crippen molar-refractivity contribution in [2.24, 2.45) is 0 Å². The molecule has 0 atom stereocenters. The number of carbonyl (C=O) groups is 1. The third-order valence-corrected chi connectivity index (χ3v) is 2.04. The van der Waals surface area contributed by atoms with Crippen LogP contribution in [0.1, 0.15) is 23.6 Å². The van der Waals surface area contributed by atoms with Gasteiger partial charge in [0.2, 0.25) is 0 Å². The van der Waals surface area contributed by atoms with Crippen molar-refractivity contribution < 1.29 is 14.7 Å². The van der Waals surface area contributed by atoms with Crippen LogP contribution >= 0.6 is 0 Å². The van der Waals surface area contributed by atoms with E-state index in [1.165, 1.54) is 6.92 Å². The molecule has 0 fully saturated rings. The number of hydrogen-bond donors (Lipinski definition) is 2. The highest BCUT2D eigenvalue weighted by molar-refractivity contribution is 5.65. The highest BCUT2D eigenvalue weighted by Gasteiger charge is 2.03. The first-order valence-electron chi connectivity index (χ1n) is 4.70. The van der Waals surface area contributed by atoms with Crippen molar-refractivity contribution in [3.63, 3.8) is 0 Å². The first-order valence-corrected chi connectivity index (χ1v) is 4.70. The molecule has 1 rings (SSSR count). The second-order valence-corrected chi connectivity index (χ2v) is 3.49. The Morgan fingerprint density at radius 1 is 1.40 bits per heavy atom. The van der Waals surface area contributed by atoms with Gasteiger partial charge in [-0.05, 0) is 30.5 Å². The quantitative estimate of drug-likeness (QED) is 0.742. The molecule has 82 valence electrons. The number of aromatic hydroxyl groups is 1. The van der Waals surface area contributed by atoms with Crippen molar-refractivity contribution in [2.75, 3.05) is 0 Å². The maximum absolute atomic E-state index is 10.5. The van der Waals surface area contributed by atoms with Crippen molar-refractivity contribution >= 4 is 5.97 Å². The van der Waals surface area contributed by atoms with Crippen molar-refractivity contribution in [2.45, 2.75) is 27.3 Å². The second-order valence-electron chi connectivity index (χ2n) is 3.49. The molecular formula is C11H15NO3. The van der Waals surface area contributed by atoms with Gasteiger partial charge in [-0.15, -0.1) is 5.48 Å². The van der Waals surface area contributed by atoms with Gasteiger partial charge in [0.05, 0.1) is 6.54 Å². The molecule has 0 radical (unpaired) electrons. The lowest BCUT2D eigenvalue weighted by Gasteiger charge is -2.08. The van der Waals surface area contributed by atoms with Gasteiger partial charge < -0.3 is 9.94 Å². The topological polar surface area (TPSA) is 58.6 Å². The smallest absolute Gasteiger partial charge is 0.321 e. The van der Waals surface area contributed by atoms with Crippen LogP contribution in [0, 0.1) is 13.8 Å². The zero-order valence-corrected chi connectivity index (χ0v) is 9.13. The molecule has 0 aromatic heterocycles. The van der Waals surface area contributed by atoms with Crippen molar-refractivity contribution in [3.8, 4) is 5.75 Å². The molecule has 0 saturated carbocycles. The Labute approximate surface area is 88.8 Å². The summed E-state index contributed by atoms with van der Waals surface area (Å²) in [7, 11) is 0. The predicted octanol–water partition coefficient (Wildman–Crippen LogP) is 1.58. The molecule has 0 heterocycles. The summed E-state index contributed by atoms with van der Waals surface area (Å²) < 4.78 is 0. The minimum absolute atomic E-state index is 0.311. The van der Waals surface area contributed by atoms with E-state index >= 15 is 0 Å². The fraction of sp³-hybridized carbons (Fsp3) is 0.364. The number of carbonyl (C=O) groups excluding carboxylic acids is 1. The summed E-state index contributed by atoms with van der Waals surface area (Å²) in [6, 6.07) is 3.69. The highest BCUT2D eigenvalue weighted by Crippen LogP contribution is 2.22. The minimum Gasteiger partial charge on any atom is -0.507 e. The standard InChI is InChI=1S/C11H15NO3/c1-7-4-10(5-8(2)11(7)14)6-12-15-9(3)13/h4-5,12,14H,6H2,1-3H3. The lowest BCUT2D eigenvalue weighted by molar-refractivity contribution is -0.148. The molecule has 4 nitrogen and oxygen atoms in total. The lowest BCUT2D eigenvalue weighted by atomic mass is 10.1. The third kappa shape index (κ3) is 3.25. The van der Waals surface area contributed by atoms with E-state index in [4.69, 9.17) is 0 Å². The zero-order valence-electron chi connectivity index (χ0n) is 9.13. The van der Waals surface area contributed by atoms with E-state index in [1.807, 2.05) is 26.0 Å². The molecule has 15 heavy (non-hydrogen) atoms. The first kappa shape index (κ1) is 11.5. The van der Waals surface area contributed by atoms with Gasteiger partial charge in [0.15, 0.2) is 0 Å². The molecule has 0 aliphatic carbocycles. The Kier molecular flexibility index (Phi) is 3.68. The molecular weight excluding hydrogens is 194 g/mol. The summed E-state index contributed by atoms with van der Waals surface area (Å²) >= 11 is 0. The van der Waals surface area contributed by atoms with E-state index in [9.17, 15) is 9.90 Å². The Morgan fingerprint density at radius 2 is 1.93 bits per heavy atom. The third-order valence-electron chi connectivity index (χ3n) is 2.04. The van der Waals surface area contributed by atoms with Gasteiger partial charge in [-0.25, -0.2) is 0 Å². The summed E-state index contributed by atoms with van der Waals surface area (Å²) in [6.07, 6.45) is 0. The SMILES string of the molecule is CC(=O)ONCc1cc(C)c(O)c(C)c1. The second kappa shape index (κ2) is 4.79. The van der Waals surface area contributed by atoms with E-state index in [2.05, 4.69) is 10.3 Å². The molecule has 0 unspecified atom stereocenters. The summed E-state index contributed by atoms with van der Waals surface area (Å²) in [5.41, 5.74) is 5.13. The number of hydrogen-bond acceptors (Lipinski definition) is 4. The van der Waals surface area contributed by atoms with Gasteiger partial charge in [-0.2, -0.15) is 0 Å². The number of rotatable bonds is 3.